The van der Waals surface area contributed by atoms with Gasteiger partial charge in [0.05, 0.1) is 17.8 Å². The molecule has 0 saturated carbocycles. The Morgan fingerprint density at radius 2 is 2.04 bits per heavy atom. The number of nitrogens with zero attached hydrogens (tertiary/aromatic N) is 1. The van der Waals surface area contributed by atoms with Crippen molar-refractivity contribution in [1.82, 2.24) is 10.7 Å². The van der Waals surface area contributed by atoms with Gasteiger partial charge < -0.3 is 15.2 Å². The van der Waals surface area contributed by atoms with Gasteiger partial charge in [-0.1, -0.05) is 30.3 Å². The molecule has 28 heavy (non-hydrogen) atoms. The largest absolute Gasteiger partial charge is 0.503 e. The molecule has 2 atom stereocenters. The van der Waals surface area contributed by atoms with Crippen LogP contribution in [0.4, 0.5) is 0 Å². The van der Waals surface area contributed by atoms with E-state index in [9.17, 15) is 14.7 Å². The number of ether oxygens (including phenoxy) is 1. The van der Waals surface area contributed by atoms with Gasteiger partial charge in [-0.05, 0) is 43.5 Å². The third kappa shape index (κ3) is 4.05. The topological polar surface area (TPSA) is 100 Å². The van der Waals surface area contributed by atoms with Gasteiger partial charge in [-0.15, -0.1) is 0 Å². The summed E-state index contributed by atoms with van der Waals surface area (Å²) in [5, 5.41) is 16.7. The monoisotopic (exact) mass is 509 g/mol. The van der Waals surface area contributed by atoms with Crippen LogP contribution in [0.5, 0.6) is 11.5 Å². The zero-order valence-electron chi connectivity index (χ0n) is 14.8. The smallest absolute Gasteiger partial charge is 0.253 e. The number of aromatic hydroxyl groups is 1. The van der Waals surface area contributed by atoms with E-state index in [0.717, 1.165) is 5.56 Å². The average molecular weight is 511 g/mol. The summed E-state index contributed by atoms with van der Waals surface area (Å²) in [4.78, 5) is 24.8. The molecule has 0 spiro atoms. The second kappa shape index (κ2) is 8.74. The fourth-order valence-electron chi connectivity index (χ4n) is 3.03. The minimum absolute atomic E-state index is 0.0520. The molecule has 0 bridgehead atoms. The molecule has 7 nitrogen and oxygen atoms in total. The molecule has 9 heteroatoms. The Morgan fingerprint density at radius 3 is 2.71 bits per heavy atom. The van der Waals surface area contributed by atoms with Gasteiger partial charge in [0.25, 0.3) is 5.91 Å². The summed E-state index contributed by atoms with van der Waals surface area (Å²) in [6.45, 7) is 0.401. The Morgan fingerprint density at radius 1 is 1.32 bits per heavy atom. The van der Waals surface area contributed by atoms with Gasteiger partial charge in [0, 0.05) is 22.5 Å². The van der Waals surface area contributed by atoms with Crippen molar-refractivity contribution in [1.29, 1.82) is 0 Å². The maximum atomic E-state index is 12.6. The summed E-state index contributed by atoms with van der Waals surface area (Å²) >= 11 is 6.61. The number of amides is 2. The number of benzene rings is 2. The molecule has 1 heterocycles. The molecule has 146 valence electrons. The minimum Gasteiger partial charge on any atom is -0.503 e. The fraction of sp³-hybridized carbons (Fsp3) is 0.211. The van der Waals surface area contributed by atoms with Gasteiger partial charge in [-0.3, -0.25) is 9.59 Å². The van der Waals surface area contributed by atoms with E-state index in [4.69, 9.17) is 4.74 Å². The number of phenolic OH excluding ortho intramolecular Hbond substituents is 1. The Kier molecular flexibility index (Phi) is 6.35. The molecule has 0 aromatic heterocycles. The second-order valence-corrected chi connectivity index (χ2v) is 7.70. The molecule has 0 radical (unpaired) electrons. The first-order valence-corrected chi connectivity index (χ1v) is 9.93. The first-order chi connectivity index (χ1) is 13.4. The summed E-state index contributed by atoms with van der Waals surface area (Å²) in [6, 6.07) is 11.0. The van der Waals surface area contributed by atoms with E-state index >= 15 is 0 Å². The molecular weight excluding hydrogens is 494 g/mol. The number of phenols is 1. The predicted molar refractivity (Wildman–Crippen MR) is 111 cm³/mol. The first-order valence-electron chi connectivity index (χ1n) is 8.34. The highest BCUT2D eigenvalue weighted by Crippen LogP contribution is 2.41. The molecule has 1 aliphatic rings. The van der Waals surface area contributed by atoms with Gasteiger partial charge in [0.1, 0.15) is 5.92 Å². The van der Waals surface area contributed by atoms with Crippen molar-refractivity contribution in [3.05, 3.63) is 56.5 Å². The molecule has 0 aliphatic carbocycles. The Balaban J connectivity index is 1.76. The number of methoxy groups -OCH3 is 1. The van der Waals surface area contributed by atoms with Crippen LogP contribution in [0.2, 0.25) is 0 Å². The number of hydrogen-bond acceptors (Lipinski definition) is 5. The van der Waals surface area contributed by atoms with Gasteiger partial charge >= 0.3 is 0 Å². The van der Waals surface area contributed by atoms with E-state index in [-0.39, 0.29) is 23.3 Å². The van der Waals surface area contributed by atoms with Crippen molar-refractivity contribution in [2.75, 3.05) is 13.7 Å². The molecule has 2 amide bonds. The van der Waals surface area contributed by atoms with Crippen molar-refractivity contribution in [2.45, 2.75) is 5.92 Å². The lowest BCUT2D eigenvalue weighted by molar-refractivity contribution is -0.133. The van der Waals surface area contributed by atoms with Crippen molar-refractivity contribution in [3.63, 3.8) is 0 Å². The third-order valence-corrected chi connectivity index (χ3v) is 6.62. The number of nitrogens with one attached hydrogen (secondary N) is 2. The second-order valence-electron chi connectivity index (χ2n) is 6.12. The van der Waals surface area contributed by atoms with Crippen molar-refractivity contribution in [2.24, 2.45) is 11.0 Å². The number of carbonyl (C=O) groups is 2. The predicted octanol–water partition coefficient (Wildman–Crippen LogP) is 2.91. The molecule has 2 aromatic carbocycles. The van der Waals surface area contributed by atoms with E-state index < -0.39 is 11.8 Å². The quantitative estimate of drug-likeness (QED) is 0.327. The summed E-state index contributed by atoms with van der Waals surface area (Å²) < 4.78 is 6.05. The van der Waals surface area contributed by atoms with Crippen LogP contribution in [-0.2, 0) is 9.59 Å². The maximum absolute atomic E-state index is 12.6. The zero-order valence-corrected chi connectivity index (χ0v) is 18.0. The van der Waals surface area contributed by atoms with E-state index in [1.54, 1.807) is 6.07 Å². The van der Waals surface area contributed by atoms with E-state index in [1.807, 2.05) is 30.3 Å². The summed E-state index contributed by atoms with van der Waals surface area (Å²) in [6.07, 6.45) is 1.40. The van der Waals surface area contributed by atoms with Gasteiger partial charge in [-0.2, -0.15) is 5.10 Å². The van der Waals surface area contributed by atoms with Crippen LogP contribution in [0, 0.1) is 5.92 Å². The Hall–Kier alpha value is -2.39. The van der Waals surface area contributed by atoms with E-state index in [1.165, 1.54) is 13.3 Å². The highest BCUT2D eigenvalue weighted by atomic mass is 79.9. The lowest BCUT2D eigenvalue weighted by Crippen LogP contribution is -2.34. The van der Waals surface area contributed by atoms with Crippen LogP contribution >= 0.6 is 31.9 Å². The lowest BCUT2D eigenvalue weighted by atomic mass is 9.88. The van der Waals surface area contributed by atoms with Gasteiger partial charge in [0.15, 0.2) is 11.5 Å². The number of hydrogen-bond donors (Lipinski definition) is 3. The number of rotatable bonds is 5. The Bertz CT molecular complexity index is 935. The zero-order chi connectivity index (χ0) is 20.3. The fourth-order valence-corrected chi connectivity index (χ4v) is 3.86. The highest BCUT2D eigenvalue weighted by molar-refractivity contribution is 9.13. The lowest BCUT2D eigenvalue weighted by Gasteiger charge is -2.15. The van der Waals surface area contributed by atoms with Crippen molar-refractivity contribution >= 4 is 49.9 Å². The molecular formula is C19H17Br2N3O4. The molecule has 1 fully saturated rings. The van der Waals surface area contributed by atoms with Crippen LogP contribution in [-0.4, -0.2) is 36.8 Å². The Labute approximate surface area is 178 Å². The van der Waals surface area contributed by atoms with Crippen LogP contribution in [0.3, 0.4) is 0 Å². The van der Waals surface area contributed by atoms with Crippen LogP contribution < -0.4 is 15.5 Å². The standard InChI is InChI=1S/C19H17Br2N3O4/c1-28-13-7-11(15(20)16(21)17(13)25)8-23-24-19(27)14-12(9-22-18(14)26)10-5-3-2-4-6-10/h2-8,12,14,25H,9H2,1H3,(H,22,26)(H,24,27)/b23-8+/t12-,14+/m1/s1. The summed E-state index contributed by atoms with van der Waals surface area (Å²) in [5.41, 5.74) is 3.92. The van der Waals surface area contributed by atoms with Crippen molar-refractivity contribution < 1.29 is 19.4 Å². The molecule has 3 N–H and O–H groups in total. The third-order valence-electron chi connectivity index (χ3n) is 4.46. The van der Waals surface area contributed by atoms with Crippen LogP contribution in [0.25, 0.3) is 0 Å². The molecule has 3 rings (SSSR count). The molecule has 0 unspecified atom stereocenters. The number of carbonyl (C=O) groups excluding carboxylic acids is 2. The highest BCUT2D eigenvalue weighted by Gasteiger charge is 2.40. The normalized spacial score (nSPS) is 18.9. The van der Waals surface area contributed by atoms with E-state index in [2.05, 4.69) is 47.7 Å². The van der Waals surface area contributed by atoms with Gasteiger partial charge in [0.2, 0.25) is 5.91 Å². The molecule has 2 aromatic rings. The van der Waals surface area contributed by atoms with Crippen LogP contribution in [0.15, 0.2) is 50.4 Å². The SMILES string of the molecule is COc1cc(/C=N/NC(=O)[C@@H]2C(=O)NC[C@@H]2c2ccccc2)c(Br)c(Br)c1O. The number of halogens is 2. The summed E-state index contributed by atoms with van der Waals surface area (Å²) in [7, 11) is 1.43. The maximum Gasteiger partial charge on any atom is 0.253 e. The van der Waals surface area contributed by atoms with Crippen LogP contribution in [0.1, 0.15) is 17.0 Å². The number of hydrazone groups is 1. The average Bonchev–Trinajstić information content (AvgIpc) is 3.10. The van der Waals surface area contributed by atoms with E-state index in [0.29, 0.717) is 21.1 Å². The summed E-state index contributed by atoms with van der Waals surface area (Å²) in [5.74, 6) is -1.72. The first kappa shape index (κ1) is 20.3. The molecule has 1 aliphatic heterocycles. The molecule has 1 saturated heterocycles. The minimum atomic E-state index is -0.857. The van der Waals surface area contributed by atoms with Gasteiger partial charge in [-0.25, -0.2) is 5.43 Å². The van der Waals surface area contributed by atoms with Crippen molar-refractivity contribution in [3.8, 4) is 11.5 Å².